The molecule has 8 heteroatoms. The standard InChI is InChI=1S/C21H20FN5O2/c22-16-3-5-17(6-4-16)24-20(28)14-7-10-27(11-8-14)21(29)19-12-18(25-26-19)15-2-1-9-23-13-15/h1-6,9,12-14H,7-8,10-11H2,(H,24,28)(H,25,26). The van der Waals surface area contributed by atoms with E-state index in [0.717, 1.165) is 5.56 Å². The Morgan fingerprint density at radius 3 is 2.59 bits per heavy atom. The molecule has 1 fully saturated rings. The van der Waals surface area contributed by atoms with Gasteiger partial charge in [0.25, 0.3) is 5.91 Å². The van der Waals surface area contributed by atoms with Crippen molar-refractivity contribution < 1.29 is 14.0 Å². The SMILES string of the molecule is O=C(Nc1ccc(F)cc1)C1CCN(C(=O)c2cc(-c3cccnc3)n[nH]2)CC1. The van der Waals surface area contributed by atoms with E-state index in [1.54, 1.807) is 23.4 Å². The number of likely N-dealkylation sites (tertiary alicyclic amines) is 1. The van der Waals surface area contributed by atoms with Crippen molar-refractivity contribution >= 4 is 17.5 Å². The van der Waals surface area contributed by atoms with Crippen molar-refractivity contribution in [1.29, 1.82) is 0 Å². The summed E-state index contributed by atoms with van der Waals surface area (Å²) in [5.41, 5.74) is 2.47. The normalized spacial score (nSPS) is 14.6. The minimum Gasteiger partial charge on any atom is -0.337 e. The summed E-state index contributed by atoms with van der Waals surface area (Å²) >= 11 is 0. The van der Waals surface area contributed by atoms with Gasteiger partial charge in [0, 0.05) is 42.7 Å². The van der Waals surface area contributed by atoms with Gasteiger partial charge in [-0.25, -0.2) is 4.39 Å². The molecule has 29 heavy (non-hydrogen) atoms. The number of hydrogen-bond acceptors (Lipinski definition) is 4. The van der Waals surface area contributed by atoms with Crippen LogP contribution in [-0.2, 0) is 4.79 Å². The first-order valence-electron chi connectivity index (χ1n) is 9.41. The number of hydrogen-bond donors (Lipinski definition) is 2. The summed E-state index contributed by atoms with van der Waals surface area (Å²) in [6.07, 6.45) is 4.51. The molecule has 0 bridgehead atoms. The van der Waals surface area contributed by atoms with Crippen LogP contribution in [-0.4, -0.2) is 45.0 Å². The Labute approximate surface area is 167 Å². The molecule has 2 N–H and O–H groups in total. The van der Waals surface area contributed by atoms with Gasteiger partial charge >= 0.3 is 0 Å². The number of aromatic nitrogens is 3. The number of halogens is 1. The van der Waals surface area contributed by atoms with E-state index >= 15 is 0 Å². The molecule has 0 spiro atoms. The third kappa shape index (κ3) is 4.31. The van der Waals surface area contributed by atoms with Crippen molar-refractivity contribution in [3.05, 3.63) is 66.4 Å². The summed E-state index contributed by atoms with van der Waals surface area (Å²) in [5, 5.41) is 9.79. The fourth-order valence-electron chi connectivity index (χ4n) is 3.39. The van der Waals surface area contributed by atoms with Gasteiger partial charge in [0.1, 0.15) is 11.5 Å². The van der Waals surface area contributed by atoms with E-state index in [1.807, 2.05) is 12.1 Å². The van der Waals surface area contributed by atoms with Crippen LogP contribution in [0.15, 0.2) is 54.9 Å². The summed E-state index contributed by atoms with van der Waals surface area (Å²) in [4.78, 5) is 31.0. The molecule has 2 aromatic heterocycles. The van der Waals surface area contributed by atoms with Crippen molar-refractivity contribution in [2.45, 2.75) is 12.8 Å². The second-order valence-electron chi connectivity index (χ2n) is 6.97. The van der Waals surface area contributed by atoms with E-state index < -0.39 is 0 Å². The number of nitrogens with one attached hydrogen (secondary N) is 2. The molecule has 2 amide bonds. The minimum absolute atomic E-state index is 0.107. The summed E-state index contributed by atoms with van der Waals surface area (Å²) in [6, 6.07) is 11.1. The molecule has 7 nitrogen and oxygen atoms in total. The molecule has 0 unspecified atom stereocenters. The maximum atomic E-state index is 13.0. The highest BCUT2D eigenvalue weighted by atomic mass is 19.1. The third-order valence-electron chi connectivity index (χ3n) is 5.03. The molecule has 1 saturated heterocycles. The van der Waals surface area contributed by atoms with Crippen LogP contribution in [0.2, 0.25) is 0 Å². The average Bonchev–Trinajstić information content (AvgIpc) is 3.26. The van der Waals surface area contributed by atoms with Gasteiger partial charge in [-0.1, -0.05) is 0 Å². The van der Waals surface area contributed by atoms with Crippen molar-refractivity contribution in [2.75, 3.05) is 18.4 Å². The Kier molecular flexibility index (Phi) is 5.33. The number of amides is 2. The van der Waals surface area contributed by atoms with E-state index in [0.29, 0.717) is 43.0 Å². The Hall–Kier alpha value is -3.55. The number of piperidine rings is 1. The minimum atomic E-state index is -0.347. The van der Waals surface area contributed by atoms with Gasteiger partial charge in [-0.15, -0.1) is 0 Å². The van der Waals surface area contributed by atoms with Crippen LogP contribution >= 0.6 is 0 Å². The molecule has 3 heterocycles. The molecule has 1 aromatic carbocycles. The number of carbonyl (C=O) groups excluding carboxylic acids is 2. The number of rotatable bonds is 4. The first-order chi connectivity index (χ1) is 14.1. The van der Waals surface area contributed by atoms with Crippen molar-refractivity contribution in [3.8, 4) is 11.3 Å². The Morgan fingerprint density at radius 2 is 1.90 bits per heavy atom. The second kappa shape index (κ2) is 8.22. The average molecular weight is 393 g/mol. The topological polar surface area (TPSA) is 91.0 Å². The molecule has 0 radical (unpaired) electrons. The van der Waals surface area contributed by atoms with Gasteiger partial charge in [0.05, 0.1) is 5.69 Å². The fraction of sp³-hybridized carbons (Fsp3) is 0.238. The first kappa shape index (κ1) is 18.8. The molecular weight excluding hydrogens is 373 g/mol. The number of pyridine rings is 1. The number of H-pyrrole nitrogens is 1. The summed E-state index contributed by atoms with van der Waals surface area (Å²) < 4.78 is 13.0. The van der Waals surface area contributed by atoms with Crippen LogP contribution < -0.4 is 5.32 Å². The molecule has 1 aliphatic rings. The largest absolute Gasteiger partial charge is 0.337 e. The lowest BCUT2D eigenvalue weighted by Crippen LogP contribution is -2.41. The van der Waals surface area contributed by atoms with E-state index in [4.69, 9.17) is 0 Å². The van der Waals surface area contributed by atoms with Crippen molar-refractivity contribution in [3.63, 3.8) is 0 Å². The number of anilines is 1. The maximum absolute atomic E-state index is 13.0. The smallest absolute Gasteiger partial charge is 0.271 e. The Morgan fingerprint density at radius 1 is 1.14 bits per heavy atom. The predicted octanol–water partition coefficient (Wildman–Crippen LogP) is 3.10. The molecule has 0 saturated carbocycles. The lowest BCUT2D eigenvalue weighted by molar-refractivity contribution is -0.121. The van der Waals surface area contributed by atoms with E-state index in [2.05, 4.69) is 20.5 Å². The highest BCUT2D eigenvalue weighted by molar-refractivity contribution is 5.94. The van der Waals surface area contributed by atoms with Gasteiger partial charge in [-0.3, -0.25) is 19.7 Å². The van der Waals surface area contributed by atoms with E-state index in [1.165, 1.54) is 24.3 Å². The van der Waals surface area contributed by atoms with Crippen LogP contribution in [0, 0.1) is 11.7 Å². The number of benzene rings is 1. The van der Waals surface area contributed by atoms with Crippen LogP contribution in [0.3, 0.4) is 0 Å². The number of aromatic amines is 1. The van der Waals surface area contributed by atoms with Gasteiger partial charge in [-0.2, -0.15) is 5.10 Å². The zero-order chi connectivity index (χ0) is 20.2. The molecule has 148 valence electrons. The van der Waals surface area contributed by atoms with Crippen LogP contribution in [0.1, 0.15) is 23.3 Å². The fourth-order valence-corrected chi connectivity index (χ4v) is 3.39. The second-order valence-corrected chi connectivity index (χ2v) is 6.97. The summed E-state index contributed by atoms with van der Waals surface area (Å²) in [6.45, 7) is 0.975. The highest BCUT2D eigenvalue weighted by Gasteiger charge is 2.28. The van der Waals surface area contributed by atoms with Gasteiger partial charge < -0.3 is 10.2 Å². The van der Waals surface area contributed by atoms with Gasteiger partial charge in [0.15, 0.2) is 0 Å². The maximum Gasteiger partial charge on any atom is 0.271 e. The van der Waals surface area contributed by atoms with Crippen molar-refractivity contribution in [1.82, 2.24) is 20.1 Å². The third-order valence-corrected chi connectivity index (χ3v) is 5.03. The summed E-state index contributed by atoms with van der Waals surface area (Å²) in [5.74, 6) is -0.772. The van der Waals surface area contributed by atoms with Gasteiger partial charge in [0.2, 0.25) is 5.91 Å². The molecular formula is C21H20FN5O2. The molecule has 4 rings (SSSR count). The van der Waals surface area contributed by atoms with Gasteiger partial charge in [-0.05, 0) is 55.3 Å². The zero-order valence-corrected chi connectivity index (χ0v) is 15.6. The lowest BCUT2D eigenvalue weighted by atomic mass is 9.95. The number of nitrogens with zero attached hydrogens (tertiary/aromatic N) is 3. The molecule has 0 aliphatic carbocycles. The van der Waals surface area contributed by atoms with Crippen LogP contribution in [0.25, 0.3) is 11.3 Å². The number of carbonyl (C=O) groups is 2. The first-order valence-corrected chi connectivity index (χ1v) is 9.41. The summed E-state index contributed by atoms with van der Waals surface area (Å²) in [7, 11) is 0. The Balaban J connectivity index is 1.33. The zero-order valence-electron chi connectivity index (χ0n) is 15.6. The van der Waals surface area contributed by atoms with Crippen LogP contribution in [0.4, 0.5) is 10.1 Å². The monoisotopic (exact) mass is 393 g/mol. The molecule has 0 atom stereocenters. The quantitative estimate of drug-likeness (QED) is 0.713. The Bertz CT molecular complexity index is 995. The highest BCUT2D eigenvalue weighted by Crippen LogP contribution is 2.22. The van der Waals surface area contributed by atoms with E-state index in [-0.39, 0.29) is 23.5 Å². The molecule has 1 aliphatic heterocycles. The lowest BCUT2D eigenvalue weighted by Gasteiger charge is -2.31. The van der Waals surface area contributed by atoms with Crippen LogP contribution in [0.5, 0.6) is 0 Å². The predicted molar refractivity (Wildman–Crippen MR) is 105 cm³/mol. The van der Waals surface area contributed by atoms with Crippen molar-refractivity contribution in [2.24, 2.45) is 5.92 Å². The molecule has 3 aromatic rings. The van der Waals surface area contributed by atoms with E-state index in [9.17, 15) is 14.0 Å².